The topological polar surface area (TPSA) is 113 Å². The monoisotopic (exact) mass is 353 g/mol. The molecule has 19 heavy (non-hydrogen) atoms. The van der Waals surface area contributed by atoms with Crippen LogP contribution in [0.15, 0.2) is 27.6 Å². The van der Waals surface area contributed by atoms with Crippen LogP contribution in [-0.2, 0) is 14.8 Å². The van der Waals surface area contributed by atoms with Crippen LogP contribution in [0.4, 0.5) is 0 Å². The maximum atomic E-state index is 11.8. The minimum Gasteiger partial charge on any atom is -0.496 e. The van der Waals surface area contributed by atoms with E-state index in [1.807, 2.05) is 4.72 Å². The quantitative estimate of drug-likeness (QED) is 0.672. The molecule has 0 fully saturated rings. The van der Waals surface area contributed by atoms with Crippen molar-refractivity contribution in [3.8, 4) is 5.75 Å². The standard InChI is InChI=1S/C10H12BrNO6S/c1-18-9-3-2-6(4-7(9)11)19(16,17)12-5-8(13)10(14)15/h2-4,8,12-13H,5H2,1H3,(H,14,15). The Bertz CT molecular complexity index is 573. The number of carboxylic acids is 1. The van der Waals surface area contributed by atoms with Crippen LogP contribution in [0.3, 0.4) is 0 Å². The SMILES string of the molecule is COc1ccc(S(=O)(=O)NCC(O)C(=O)O)cc1Br. The molecule has 0 saturated carbocycles. The Hall–Kier alpha value is -1.16. The second kappa shape index (κ2) is 6.33. The highest BCUT2D eigenvalue weighted by Crippen LogP contribution is 2.27. The highest BCUT2D eigenvalue weighted by molar-refractivity contribution is 9.10. The molecule has 0 heterocycles. The summed E-state index contributed by atoms with van der Waals surface area (Å²) in [5.41, 5.74) is 0. The fourth-order valence-electron chi connectivity index (χ4n) is 1.17. The van der Waals surface area contributed by atoms with Crippen molar-refractivity contribution in [3.63, 3.8) is 0 Å². The maximum Gasteiger partial charge on any atom is 0.333 e. The summed E-state index contributed by atoms with van der Waals surface area (Å²) >= 11 is 3.14. The van der Waals surface area contributed by atoms with E-state index < -0.39 is 28.6 Å². The predicted octanol–water partition coefficient (Wildman–Crippen LogP) is 0.182. The zero-order chi connectivity index (χ0) is 14.6. The van der Waals surface area contributed by atoms with Crippen LogP contribution in [-0.4, -0.2) is 44.4 Å². The molecule has 9 heteroatoms. The van der Waals surface area contributed by atoms with Crippen LogP contribution in [0, 0.1) is 0 Å². The van der Waals surface area contributed by atoms with Gasteiger partial charge >= 0.3 is 5.97 Å². The molecule has 3 N–H and O–H groups in total. The van der Waals surface area contributed by atoms with Gasteiger partial charge in [0.25, 0.3) is 0 Å². The lowest BCUT2D eigenvalue weighted by molar-refractivity contribution is -0.146. The van der Waals surface area contributed by atoms with Crippen LogP contribution in [0.25, 0.3) is 0 Å². The molecular weight excluding hydrogens is 342 g/mol. The van der Waals surface area contributed by atoms with Gasteiger partial charge in [-0.3, -0.25) is 0 Å². The molecule has 0 spiro atoms. The van der Waals surface area contributed by atoms with E-state index in [1.165, 1.54) is 25.3 Å². The molecule has 7 nitrogen and oxygen atoms in total. The number of ether oxygens (including phenoxy) is 1. The number of aliphatic hydroxyl groups is 1. The van der Waals surface area contributed by atoms with E-state index in [1.54, 1.807) is 0 Å². The maximum absolute atomic E-state index is 11.8. The Kier molecular flexibility index (Phi) is 5.29. The summed E-state index contributed by atoms with van der Waals surface area (Å²) in [5, 5.41) is 17.5. The normalized spacial score (nSPS) is 13.0. The molecular formula is C10H12BrNO6S. The van der Waals surface area contributed by atoms with Crippen LogP contribution in [0.2, 0.25) is 0 Å². The Morgan fingerprint density at radius 2 is 2.16 bits per heavy atom. The number of carboxylic acid groups (broad SMARTS) is 1. The summed E-state index contributed by atoms with van der Waals surface area (Å²) in [6.07, 6.45) is -1.79. The summed E-state index contributed by atoms with van der Waals surface area (Å²) in [6.45, 7) is -0.610. The second-order valence-corrected chi connectivity index (χ2v) is 6.12. The Morgan fingerprint density at radius 1 is 1.53 bits per heavy atom. The average molecular weight is 354 g/mol. The van der Waals surface area contributed by atoms with Gasteiger partial charge in [-0.1, -0.05) is 0 Å². The van der Waals surface area contributed by atoms with Crippen molar-refractivity contribution in [1.29, 1.82) is 0 Å². The van der Waals surface area contributed by atoms with Crippen LogP contribution in [0.5, 0.6) is 5.75 Å². The molecule has 1 rings (SSSR count). The van der Waals surface area contributed by atoms with E-state index in [9.17, 15) is 13.2 Å². The number of nitrogens with one attached hydrogen (secondary N) is 1. The number of sulfonamides is 1. The van der Waals surface area contributed by atoms with Gasteiger partial charge in [0.1, 0.15) is 5.75 Å². The van der Waals surface area contributed by atoms with Gasteiger partial charge < -0.3 is 14.9 Å². The molecule has 106 valence electrons. The zero-order valence-corrected chi connectivity index (χ0v) is 12.2. The molecule has 1 aromatic rings. The first kappa shape index (κ1) is 15.9. The Morgan fingerprint density at radius 3 is 2.63 bits per heavy atom. The Labute approximate surface area is 118 Å². The molecule has 0 aromatic heterocycles. The van der Waals surface area contributed by atoms with E-state index >= 15 is 0 Å². The third-order valence-electron chi connectivity index (χ3n) is 2.19. The minimum atomic E-state index is -3.90. The lowest BCUT2D eigenvalue weighted by Crippen LogP contribution is -2.36. The number of benzene rings is 1. The summed E-state index contributed by atoms with van der Waals surface area (Å²) in [4.78, 5) is 10.3. The van der Waals surface area contributed by atoms with Gasteiger partial charge in [-0.2, -0.15) is 0 Å². The number of carbonyl (C=O) groups is 1. The first-order valence-corrected chi connectivity index (χ1v) is 7.29. The molecule has 0 saturated heterocycles. The van der Waals surface area contributed by atoms with Gasteiger partial charge in [-0.15, -0.1) is 0 Å². The largest absolute Gasteiger partial charge is 0.496 e. The fourth-order valence-corrected chi connectivity index (χ4v) is 2.93. The molecule has 0 aliphatic rings. The lowest BCUT2D eigenvalue weighted by Gasteiger charge is -2.10. The predicted molar refractivity (Wildman–Crippen MR) is 69.5 cm³/mol. The molecule has 0 radical (unpaired) electrons. The number of rotatable bonds is 6. The van der Waals surface area contributed by atoms with E-state index in [0.717, 1.165) is 0 Å². The molecule has 0 aliphatic heterocycles. The number of aliphatic hydroxyl groups excluding tert-OH is 1. The fraction of sp³-hybridized carbons (Fsp3) is 0.300. The number of hydrogen-bond acceptors (Lipinski definition) is 5. The summed E-state index contributed by atoms with van der Waals surface area (Å²) in [7, 11) is -2.46. The molecule has 0 amide bonds. The van der Waals surface area contributed by atoms with E-state index in [2.05, 4.69) is 15.9 Å². The minimum absolute atomic E-state index is 0.0715. The molecule has 1 unspecified atom stereocenters. The highest BCUT2D eigenvalue weighted by Gasteiger charge is 2.20. The molecule has 0 aliphatic carbocycles. The summed E-state index contributed by atoms with van der Waals surface area (Å²) in [5.74, 6) is -1.04. The van der Waals surface area contributed by atoms with Crippen molar-refractivity contribution in [3.05, 3.63) is 22.7 Å². The summed E-state index contributed by atoms with van der Waals surface area (Å²) < 4.78 is 31.1. The van der Waals surface area contributed by atoms with Crippen LogP contribution in [0.1, 0.15) is 0 Å². The van der Waals surface area contributed by atoms with Crippen molar-refractivity contribution in [1.82, 2.24) is 4.72 Å². The van der Waals surface area contributed by atoms with Crippen molar-refractivity contribution >= 4 is 31.9 Å². The van der Waals surface area contributed by atoms with Gasteiger partial charge in [0.15, 0.2) is 6.10 Å². The van der Waals surface area contributed by atoms with Crippen molar-refractivity contribution in [2.24, 2.45) is 0 Å². The first-order valence-electron chi connectivity index (χ1n) is 5.02. The third kappa shape index (κ3) is 4.16. The van der Waals surface area contributed by atoms with Crippen molar-refractivity contribution in [2.75, 3.05) is 13.7 Å². The van der Waals surface area contributed by atoms with Crippen LogP contribution < -0.4 is 9.46 Å². The van der Waals surface area contributed by atoms with E-state index in [0.29, 0.717) is 10.2 Å². The first-order chi connectivity index (χ1) is 8.77. The average Bonchev–Trinajstić information content (AvgIpc) is 2.35. The van der Waals surface area contributed by atoms with Gasteiger partial charge in [-0.25, -0.2) is 17.9 Å². The second-order valence-electron chi connectivity index (χ2n) is 3.50. The van der Waals surface area contributed by atoms with Gasteiger partial charge in [0.05, 0.1) is 16.5 Å². The zero-order valence-electron chi connectivity index (χ0n) is 9.83. The van der Waals surface area contributed by atoms with Gasteiger partial charge in [0.2, 0.25) is 10.0 Å². The smallest absolute Gasteiger partial charge is 0.333 e. The number of aliphatic carboxylic acids is 1. The van der Waals surface area contributed by atoms with Crippen molar-refractivity contribution in [2.45, 2.75) is 11.0 Å². The van der Waals surface area contributed by atoms with E-state index in [-0.39, 0.29) is 4.90 Å². The van der Waals surface area contributed by atoms with Crippen LogP contribution >= 0.6 is 15.9 Å². The number of methoxy groups -OCH3 is 1. The molecule has 0 bridgehead atoms. The highest BCUT2D eigenvalue weighted by atomic mass is 79.9. The molecule has 1 atom stereocenters. The number of hydrogen-bond donors (Lipinski definition) is 3. The third-order valence-corrected chi connectivity index (χ3v) is 4.23. The van der Waals surface area contributed by atoms with E-state index in [4.69, 9.17) is 14.9 Å². The van der Waals surface area contributed by atoms with Gasteiger partial charge in [0, 0.05) is 6.54 Å². The lowest BCUT2D eigenvalue weighted by atomic mass is 10.3. The molecule has 1 aromatic carbocycles. The Balaban J connectivity index is 2.89. The van der Waals surface area contributed by atoms with Crippen molar-refractivity contribution < 1.29 is 28.2 Å². The van der Waals surface area contributed by atoms with Gasteiger partial charge in [-0.05, 0) is 34.1 Å². The summed E-state index contributed by atoms with van der Waals surface area (Å²) in [6, 6.07) is 4.07. The number of halogens is 1.